The number of aliphatic carboxylic acids is 3. The molecule has 1 atom stereocenters. The van der Waals surface area contributed by atoms with Crippen molar-refractivity contribution in [1.29, 1.82) is 0 Å². The van der Waals surface area contributed by atoms with E-state index >= 15 is 0 Å². The maximum atomic E-state index is 11.7. The van der Waals surface area contributed by atoms with Crippen molar-refractivity contribution in [3.05, 3.63) is 36.5 Å². The quantitative estimate of drug-likeness (QED) is 0.0337. The predicted molar refractivity (Wildman–Crippen MR) is 240 cm³/mol. The molecule has 1 unspecified atom stereocenters. The minimum atomic E-state index is -0.916. The Morgan fingerprint density at radius 2 is 1.31 bits per heavy atom. The van der Waals surface area contributed by atoms with E-state index in [0.717, 1.165) is 63.7 Å². The molecule has 0 rings (SSSR count). The Labute approximate surface area is 396 Å². The van der Waals surface area contributed by atoms with E-state index in [1.54, 1.807) is 30.9 Å². The molecule has 61 heavy (non-hydrogen) atoms. The Bertz CT molecular complexity index is 1240. The zero-order chi connectivity index (χ0) is 47.5. The van der Waals surface area contributed by atoms with Crippen molar-refractivity contribution in [1.82, 2.24) is 35.6 Å². The van der Waals surface area contributed by atoms with Crippen molar-refractivity contribution in [3.8, 4) is 0 Å². The Morgan fingerprint density at radius 1 is 0.770 bits per heavy atom. The van der Waals surface area contributed by atoms with Gasteiger partial charge in [0.2, 0.25) is 17.7 Å². The molecule has 0 saturated carbocycles. The molecule has 3 amide bonds. The van der Waals surface area contributed by atoms with E-state index in [2.05, 4.69) is 22.5 Å². The van der Waals surface area contributed by atoms with E-state index in [1.165, 1.54) is 4.90 Å². The first-order valence-corrected chi connectivity index (χ1v) is 20.3. The first kappa shape index (κ1) is 69.4. The van der Waals surface area contributed by atoms with Gasteiger partial charge in [0.15, 0.2) is 0 Å². The molecule has 19 heteroatoms. The van der Waals surface area contributed by atoms with Gasteiger partial charge in [-0.2, -0.15) is 0 Å². The SMILES string of the molecule is C=C(C)/C=C\C=C/C.CCN(C)CC(=O)NCCCCCC=O.CCN(C)CC(=O)O.CN(CCNCC(=O)O)CC(=O)O.CNCCCC(C(N)=O)N(C)C(=O)C(C)C.[Lu]. The summed E-state index contributed by atoms with van der Waals surface area (Å²) in [5, 5.41) is 33.3. The molecule has 0 heterocycles. The van der Waals surface area contributed by atoms with Crippen LogP contribution in [-0.2, 0) is 33.6 Å². The molecule has 0 aliphatic heterocycles. The molecule has 365 valence electrons. The van der Waals surface area contributed by atoms with Crippen LogP contribution in [0.15, 0.2) is 36.5 Å². The van der Waals surface area contributed by atoms with Crippen molar-refractivity contribution >= 4 is 41.9 Å². The Morgan fingerprint density at radius 3 is 1.72 bits per heavy atom. The maximum absolute atomic E-state index is 11.7. The molecule has 0 aromatic rings. The van der Waals surface area contributed by atoms with Gasteiger partial charge in [0, 0.05) is 75.9 Å². The molecule has 18 nitrogen and oxygen atoms in total. The van der Waals surface area contributed by atoms with Crippen molar-refractivity contribution < 1.29 is 85.8 Å². The summed E-state index contributed by atoms with van der Waals surface area (Å²) < 4.78 is 0. The smallest absolute Gasteiger partial charge is 0.317 e. The summed E-state index contributed by atoms with van der Waals surface area (Å²) in [4.78, 5) is 81.2. The zero-order valence-corrected chi connectivity index (χ0v) is 40.5. The molecule has 0 aromatic heterocycles. The van der Waals surface area contributed by atoms with Crippen LogP contribution in [0.1, 0.15) is 80.1 Å². The molecule has 0 fully saturated rings. The van der Waals surface area contributed by atoms with E-state index < -0.39 is 29.9 Å². The van der Waals surface area contributed by atoms with Crippen LogP contribution >= 0.6 is 0 Å². The molecule has 8 N–H and O–H groups in total. The van der Waals surface area contributed by atoms with Gasteiger partial charge in [0.1, 0.15) is 12.3 Å². The fraction of sp³-hybridized carbons (Fsp3) is 0.690. The summed E-state index contributed by atoms with van der Waals surface area (Å²) in [6, 6.07) is -0.497. The normalized spacial score (nSPS) is 10.8. The number of carbonyl (C=O) groups excluding carboxylic acids is 4. The van der Waals surface area contributed by atoms with Gasteiger partial charge < -0.3 is 46.7 Å². The second kappa shape index (κ2) is 49.4. The number of aldehydes is 1. The molecule has 0 aliphatic rings. The third-order valence-electron chi connectivity index (χ3n) is 7.80. The molecular formula is C42H82LuN8O10. The number of rotatable bonds is 28. The molecule has 1 radical (unpaired) electrons. The summed E-state index contributed by atoms with van der Waals surface area (Å²) in [6.07, 6.45) is 13.8. The van der Waals surface area contributed by atoms with E-state index in [-0.39, 0.29) is 74.2 Å². The van der Waals surface area contributed by atoms with E-state index in [4.69, 9.17) is 21.1 Å². The fourth-order valence-electron chi connectivity index (χ4n) is 4.18. The number of hydrogen-bond donors (Lipinski definition) is 7. The van der Waals surface area contributed by atoms with Gasteiger partial charge in [0.05, 0.1) is 26.2 Å². The third kappa shape index (κ3) is 58.9. The zero-order valence-electron chi connectivity index (χ0n) is 38.9. The Balaban J connectivity index is -0.000000158. The molecule has 0 bridgehead atoms. The van der Waals surface area contributed by atoms with Gasteiger partial charge in [0.25, 0.3) is 0 Å². The minimum Gasteiger partial charge on any atom is -0.480 e. The minimum absolute atomic E-state index is 0. The van der Waals surface area contributed by atoms with Gasteiger partial charge in [-0.1, -0.05) is 70.6 Å². The number of primary amides is 1. The van der Waals surface area contributed by atoms with E-state index in [9.17, 15) is 33.6 Å². The van der Waals surface area contributed by atoms with Gasteiger partial charge in [-0.05, 0) is 87.4 Å². The number of allylic oxidation sites excluding steroid dienone is 5. The predicted octanol–water partition coefficient (Wildman–Crippen LogP) is 2.16. The molecule has 0 aromatic carbocycles. The van der Waals surface area contributed by atoms with Gasteiger partial charge in [-0.3, -0.25) is 43.5 Å². The summed E-state index contributed by atoms with van der Waals surface area (Å²) in [5.41, 5.74) is 6.39. The number of unbranched alkanes of at least 4 members (excludes halogenated alkanes) is 3. The summed E-state index contributed by atoms with van der Waals surface area (Å²) in [6.45, 7) is 19.9. The van der Waals surface area contributed by atoms with Crippen LogP contribution in [0.2, 0.25) is 0 Å². The van der Waals surface area contributed by atoms with Crippen molar-refractivity contribution in [3.63, 3.8) is 0 Å². The molecule has 0 saturated heterocycles. The van der Waals surface area contributed by atoms with Crippen LogP contribution < -0.4 is 21.7 Å². The van der Waals surface area contributed by atoms with Crippen molar-refractivity contribution in [2.24, 2.45) is 11.7 Å². The van der Waals surface area contributed by atoms with Crippen LogP contribution in [0, 0.1) is 42.8 Å². The largest absolute Gasteiger partial charge is 0.480 e. The summed E-state index contributed by atoms with van der Waals surface area (Å²) in [5.74, 6) is -3.09. The maximum Gasteiger partial charge on any atom is 0.317 e. The van der Waals surface area contributed by atoms with E-state index in [1.807, 2.05) is 84.8 Å². The standard InChI is InChI=1S/C11H23N3O2.C11H22N2O2.C8H12.C7H14N2O4.C5H11NO2.Lu/c1-8(2)11(16)14(4)9(10(12)15)6-5-7-13-3;1-3-13(2)10-11(15)12-8-6-4-5-7-9-14;1-4-5-6-7-8(2)3;1-9(5-7(12)13)3-2-8-4-6(10)11;1-3-6(2)4-5(7)8;/h8-9,13H,5-7H2,1-4H3,(H2,12,15);9H,3-8,10H2,1-2H3,(H,12,15);4-7H,2H2,1,3H3;8H,2-5H2,1H3,(H,10,11)(H,12,13);3-4H2,1-2H3,(H,7,8);/b;;5-4-,7-6-;;;. The molecule has 0 spiro atoms. The summed E-state index contributed by atoms with van der Waals surface area (Å²) in [7, 11) is 8.84. The third-order valence-corrected chi connectivity index (χ3v) is 7.80. The van der Waals surface area contributed by atoms with Crippen LogP contribution in [0.5, 0.6) is 0 Å². The van der Waals surface area contributed by atoms with E-state index in [0.29, 0.717) is 32.5 Å². The van der Waals surface area contributed by atoms with Crippen LogP contribution in [0.3, 0.4) is 0 Å². The average Bonchev–Trinajstić information content (AvgIpc) is 3.16. The Hall–Kier alpha value is -3.26. The number of carbonyl (C=O) groups is 7. The number of nitrogens with one attached hydrogen (secondary N) is 3. The second-order valence-corrected chi connectivity index (χ2v) is 14.1. The number of hydrogen-bond acceptors (Lipinski definition) is 12. The number of nitrogens with two attached hydrogens (primary N) is 1. The average molecular weight is 1030 g/mol. The monoisotopic (exact) mass is 1030 g/mol. The number of carboxylic acids is 3. The molecular weight excluding hydrogens is 951 g/mol. The topological polar surface area (TPSA) is 255 Å². The van der Waals surface area contributed by atoms with Crippen molar-refractivity contribution in [2.45, 2.75) is 86.1 Å². The van der Waals surface area contributed by atoms with Gasteiger partial charge in [-0.15, -0.1) is 0 Å². The van der Waals surface area contributed by atoms with Crippen LogP contribution in [-0.4, -0.2) is 184 Å². The molecule has 0 aliphatic carbocycles. The summed E-state index contributed by atoms with van der Waals surface area (Å²) >= 11 is 0. The van der Waals surface area contributed by atoms with Crippen molar-refractivity contribution in [2.75, 3.05) is 101 Å². The fourth-order valence-corrected chi connectivity index (χ4v) is 4.18. The van der Waals surface area contributed by atoms with Gasteiger partial charge >= 0.3 is 17.9 Å². The number of likely N-dealkylation sites (N-methyl/N-ethyl adjacent to an activating group) is 4. The number of carboxylic acid groups (broad SMARTS) is 3. The first-order chi connectivity index (χ1) is 28.1. The first-order valence-electron chi connectivity index (χ1n) is 20.3. The van der Waals surface area contributed by atoms with Crippen LogP contribution in [0.4, 0.5) is 0 Å². The second-order valence-electron chi connectivity index (χ2n) is 14.1. The Kier molecular flexibility index (Phi) is 56.2. The van der Waals surface area contributed by atoms with Gasteiger partial charge in [-0.25, -0.2) is 0 Å². The number of nitrogens with zero attached hydrogens (tertiary/aromatic N) is 4. The number of amides is 3. The van der Waals surface area contributed by atoms with Crippen LogP contribution in [0.25, 0.3) is 0 Å².